The number of rotatable bonds is 6. The number of hydrogen-bond donors (Lipinski definition) is 1. The molecule has 0 saturated carbocycles. The number of aliphatic hydroxyl groups is 1. The summed E-state index contributed by atoms with van der Waals surface area (Å²) in [7, 11) is 3.95. The first-order valence-corrected chi connectivity index (χ1v) is 13.5. The molecule has 1 unspecified atom stereocenters. The standard InChI is InChI=1S/C30H36N6O2/c1-19-28(35(5)33-32-19)22-16-24-27(31-18-22)29-25(17-26(34(29)4)30(2,3)37)36(24)23(21-9-7-6-8-10-21)15-20-11-13-38-14-12-20/h6-10,16-18,20,23,37H,11-15H2,1-5H3. The molecule has 6 rings (SSSR count). The van der Waals surface area contributed by atoms with E-state index in [0.717, 1.165) is 77.2 Å². The molecule has 8 heteroatoms. The Bertz CT molecular complexity index is 1580. The van der Waals surface area contributed by atoms with E-state index in [1.807, 2.05) is 45.7 Å². The van der Waals surface area contributed by atoms with E-state index in [9.17, 15) is 5.11 Å². The molecule has 1 N–H and O–H groups in total. The number of nitrogens with zero attached hydrogens (tertiary/aromatic N) is 6. The zero-order valence-electron chi connectivity index (χ0n) is 22.8. The summed E-state index contributed by atoms with van der Waals surface area (Å²) in [5.41, 5.74) is 8.13. The second-order valence-electron chi connectivity index (χ2n) is 11.2. The average molecular weight is 513 g/mol. The summed E-state index contributed by atoms with van der Waals surface area (Å²) in [5.74, 6) is 0.568. The lowest BCUT2D eigenvalue weighted by atomic mass is 9.89. The number of hydrogen-bond acceptors (Lipinski definition) is 5. The van der Waals surface area contributed by atoms with Gasteiger partial charge in [-0.15, -0.1) is 5.10 Å². The molecule has 1 atom stereocenters. The van der Waals surface area contributed by atoms with E-state index in [4.69, 9.17) is 9.72 Å². The molecule has 0 spiro atoms. The fraction of sp³-hybridized carbons (Fsp3) is 0.433. The van der Waals surface area contributed by atoms with E-state index in [1.165, 1.54) is 5.56 Å². The van der Waals surface area contributed by atoms with Gasteiger partial charge in [-0.25, -0.2) is 4.68 Å². The van der Waals surface area contributed by atoms with Crippen molar-refractivity contribution in [1.82, 2.24) is 29.1 Å². The first-order chi connectivity index (χ1) is 18.2. The van der Waals surface area contributed by atoms with Crippen molar-refractivity contribution in [3.8, 4) is 11.3 Å². The Balaban J connectivity index is 1.65. The van der Waals surface area contributed by atoms with Crippen LogP contribution in [-0.4, -0.2) is 47.4 Å². The molecule has 198 valence electrons. The summed E-state index contributed by atoms with van der Waals surface area (Å²) < 4.78 is 12.1. The van der Waals surface area contributed by atoms with Crippen molar-refractivity contribution in [3.63, 3.8) is 0 Å². The molecular weight excluding hydrogens is 476 g/mol. The summed E-state index contributed by atoms with van der Waals surface area (Å²) in [5, 5.41) is 19.5. The predicted octanol–water partition coefficient (Wildman–Crippen LogP) is 5.27. The fourth-order valence-corrected chi connectivity index (χ4v) is 6.27. The van der Waals surface area contributed by atoms with Gasteiger partial charge in [0.15, 0.2) is 0 Å². The summed E-state index contributed by atoms with van der Waals surface area (Å²) in [6.07, 6.45) is 5.07. The molecule has 0 radical (unpaired) electrons. The van der Waals surface area contributed by atoms with Crippen LogP contribution in [0.25, 0.3) is 33.3 Å². The second-order valence-corrected chi connectivity index (χ2v) is 11.2. The summed E-state index contributed by atoms with van der Waals surface area (Å²) in [6.45, 7) is 7.30. The molecule has 5 heterocycles. The Kier molecular flexibility index (Phi) is 6.12. The molecular formula is C30H36N6O2. The fourth-order valence-electron chi connectivity index (χ4n) is 6.27. The van der Waals surface area contributed by atoms with Crippen molar-refractivity contribution in [1.29, 1.82) is 0 Å². The Labute approximate surface area is 222 Å². The van der Waals surface area contributed by atoms with Crippen LogP contribution in [0.3, 0.4) is 0 Å². The molecule has 0 bridgehead atoms. The van der Waals surface area contributed by atoms with E-state index in [2.05, 4.69) is 61.9 Å². The number of pyridine rings is 1. The molecule has 5 aromatic rings. The van der Waals surface area contributed by atoms with Crippen molar-refractivity contribution in [2.45, 2.75) is 51.7 Å². The third-order valence-electron chi connectivity index (χ3n) is 8.11. The van der Waals surface area contributed by atoms with Crippen molar-refractivity contribution < 1.29 is 9.84 Å². The van der Waals surface area contributed by atoms with Crippen LogP contribution in [0, 0.1) is 12.8 Å². The van der Waals surface area contributed by atoms with Crippen LogP contribution >= 0.6 is 0 Å². The van der Waals surface area contributed by atoms with Crippen molar-refractivity contribution in [3.05, 3.63) is 65.6 Å². The SMILES string of the molecule is Cc1nnn(C)c1-c1cnc2c3c(cc(C(C)(C)O)n3C)n(C(CC3CCOCC3)c3ccccc3)c2c1. The van der Waals surface area contributed by atoms with Crippen LogP contribution in [0.1, 0.15) is 56.1 Å². The monoisotopic (exact) mass is 512 g/mol. The predicted molar refractivity (Wildman–Crippen MR) is 149 cm³/mol. The lowest BCUT2D eigenvalue weighted by Gasteiger charge is -2.29. The van der Waals surface area contributed by atoms with Crippen LogP contribution in [-0.2, 0) is 24.4 Å². The number of benzene rings is 1. The quantitative estimate of drug-likeness (QED) is 0.335. The number of ether oxygens (including phenoxy) is 1. The van der Waals surface area contributed by atoms with Gasteiger partial charge >= 0.3 is 0 Å². The summed E-state index contributed by atoms with van der Waals surface area (Å²) in [4.78, 5) is 5.04. The van der Waals surface area contributed by atoms with E-state index in [-0.39, 0.29) is 6.04 Å². The highest BCUT2D eigenvalue weighted by Crippen LogP contribution is 2.41. The molecule has 38 heavy (non-hydrogen) atoms. The van der Waals surface area contributed by atoms with Gasteiger partial charge in [-0.05, 0) is 63.6 Å². The third-order valence-corrected chi connectivity index (χ3v) is 8.11. The highest BCUT2D eigenvalue weighted by molar-refractivity contribution is 6.05. The highest BCUT2D eigenvalue weighted by atomic mass is 16.5. The minimum absolute atomic E-state index is 0.110. The van der Waals surface area contributed by atoms with E-state index < -0.39 is 5.60 Å². The Morgan fingerprint density at radius 3 is 2.47 bits per heavy atom. The van der Waals surface area contributed by atoms with Crippen molar-refractivity contribution in [2.24, 2.45) is 20.0 Å². The minimum atomic E-state index is -0.981. The molecule has 1 aliphatic rings. The van der Waals surface area contributed by atoms with Crippen LogP contribution in [0.4, 0.5) is 0 Å². The first kappa shape index (κ1) is 24.8. The van der Waals surface area contributed by atoms with Gasteiger partial charge < -0.3 is 19.0 Å². The number of fused-ring (bicyclic) bond motifs is 3. The molecule has 0 aliphatic carbocycles. The molecule has 4 aromatic heterocycles. The molecule has 1 fully saturated rings. The lowest BCUT2D eigenvalue weighted by Crippen LogP contribution is -2.21. The zero-order valence-corrected chi connectivity index (χ0v) is 22.8. The van der Waals surface area contributed by atoms with Gasteiger partial charge in [0.1, 0.15) is 5.52 Å². The van der Waals surface area contributed by atoms with E-state index in [0.29, 0.717) is 5.92 Å². The Hall–Kier alpha value is -3.49. The van der Waals surface area contributed by atoms with E-state index in [1.54, 1.807) is 0 Å². The minimum Gasteiger partial charge on any atom is -0.384 e. The third kappa shape index (κ3) is 4.12. The lowest BCUT2D eigenvalue weighted by molar-refractivity contribution is 0.0609. The first-order valence-electron chi connectivity index (χ1n) is 13.5. The maximum Gasteiger partial charge on any atom is 0.112 e. The number of aromatic nitrogens is 6. The summed E-state index contributed by atoms with van der Waals surface area (Å²) >= 11 is 0. The molecule has 1 saturated heterocycles. The normalized spacial score (nSPS) is 16.1. The number of aryl methyl sites for hydroxylation is 3. The van der Waals surface area contributed by atoms with Gasteiger partial charge in [-0.3, -0.25) is 4.98 Å². The van der Waals surface area contributed by atoms with Gasteiger partial charge in [0.25, 0.3) is 0 Å². The van der Waals surface area contributed by atoms with Gasteiger partial charge in [0.2, 0.25) is 0 Å². The van der Waals surface area contributed by atoms with Gasteiger partial charge in [0, 0.05) is 39.1 Å². The molecule has 1 aliphatic heterocycles. The maximum atomic E-state index is 11.0. The largest absolute Gasteiger partial charge is 0.384 e. The van der Waals surface area contributed by atoms with Crippen molar-refractivity contribution in [2.75, 3.05) is 13.2 Å². The van der Waals surface area contributed by atoms with Gasteiger partial charge in [-0.1, -0.05) is 35.5 Å². The highest BCUT2D eigenvalue weighted by Gasteiger charge is 2.30. The van der Waals surface area contributed by atoms with Crippen LogP contribution < -0.4 is 0 Å². The molecule has 1 aromatic carbocycles. The Morgan fingerprint density at radius 2 is 1.82 bits per heavy atom. The zero-order chi connectivity index (χ0) is 26.6. The van der Waals surface area contributed by atoms with E-state index >= 15 is 0 Å². The second kappa shape index (κ2) is 9.36. The Morgan fingerprint density at radius 1 is 1.08 bits per heavy atom. The van der Waals surface area contributed by atoms with Crippen LogP contribution in [0.15, 0.2) is 48.7 Å². The van der Waals surface area contributed by atoms with Crippen molar-refractivity contribution >= 4 is 22.1 Å². The van der Waals surface area contributed by atoms with Crippen LogP contribution in [0.5, 0.6) is 0 Å². The maximum absolute atomic E-state index is 11.0. The molecule has 0 amide bonds. The smallest absolute Gasteiger partial charge is 0.112 e. The topological polar surface area (TPSA) is 82.9 Å². The summed E-state index contributed by atoms with van der Waals surface area (Å²) in [6, 6.07) is 15.3. The average Bonchev–Trinajstić information content (AvgIpc) is 3.53. The van der Waals surface area contributed by atoms with Crippen LogP contribution in [0.2, 0.25) is 0 Å². The van der Waals surface area contributed by atoms with Gasteiger partial charge in [-0.2, -0.15) is 0 Å². The molecule has 8 nitrogen and oxygen atoms in total. The van der Waals surface area contributed by atoms with Gasteiger partial charge in [0.05, 0.1) is 45.3 Å².